The lowest BCUT2D eigenvalue weighted by Crippen LogP contribution is -2.17. The van der Waals surface area contributed by atoms with Crippen LogP contribution < -0.4 is 0 Å². The second kappa shape index (κ2) is 8.94. The summed E-state index contributed by atoms with van der Waals surface area (Å²) in [5, 5.41) is 0. The molecule has 0 radical (unpaired) electrons. The first-order valence-corrected chi connectivity index (χ1v) is 6.74. The molecule has 1 unspecified atom stereocenters. The van der Waals surface area contributed by atoms with E-state index in [0.717, 1.165) is 18.8 Å². The first-order chi connectivity index (χ1) is 7.24. The van der Waals surface area contributed by atoms with Crippen LogP contribution in [-0.4, -0.2) is 5.78 Å². The lowest BCUT2D eigenvalue weighted by atomic mass is 9.81. The molecule has 0 aromatic heterocycles. The summed E-state index contributed by atoms with van der Waals surface area (Å²) in [6.45, 7) is 7.88. The second-order valence-electron chi connectivity index (χ2n) is 4.46. The van der Waals surface area contributed by atoms with E-state index in [0.29, 0.717) is 11.7 Å². The fourth-order valence-electron chi connectivity index (χ4n) is 2.45. The molecule has 1 fully saturated rings. The number of carbonyl (C=O) groups excluding carboxylic acids is 1. The Morgan fingerprint density at radius 2 is 1.73 bits per heavy atom. The predicted molar refractivity (Wildman–Crippen MR) is 67.0 cm³/mol. The van der Waals surface area contributed by atoms with Gasteiger partial charge in [-0.2, -0.15) is 0 Å². The Balaban J connectivity index is 0.000000921. The van der Waals surface area contributed by atoms with Gasteiger partial charge >= 0.3 is 0 Å². The Labute approximate surface area is 95.6 Å². The van der Waals surface area contributed by atoms with Crippen LogP contribution in [0.5, 0.6) is 0 Å². The lowest BCUT2D eigenvalue weighted by molar-refractivity contribution is -0.121. The Kier molecular flexibility index (Phi) is 8.74. The van der Waals surface area contributed by atoms with Crippen molar-refractivity contribution < 1.29 is 4.79 Å². The normalized spacial score (nSPS) is 18.9. The van der Waals surface area contributed by atoms with Gasteiger partial charge < -0.3 is 0 Å². The van der Waals surface area contributed by atoms with Crippen LogP contribution in [-0.2, 0) is 4.79 Å². The SMILES string of the molecule is CC.CCC(CC1CCCCC1)C(C)=O. The van der Waals surface area contributed by atoms with Crippen LogP contribution in [0, 0.1) is 11.8 Å². The Morgan fingerprint density at radius 3 is 2.13 bits per heavy atom. The first kappa shape index (κ1) is 14.7. The molecular formula is C14H28O. The van der Waals surface area contributed by atoms with E-state index in [-0.39, 0.29) is 0 Å². The minimum absolute atomic E-state index is 0.350. The molecule has 0 aliphatic heterocycles. The zero-order chi connectivity index (χ0) is 11.7. The monoisotopic (exact) mass is 212 g/mol. The standard InChI is InChI=1S/C12H22O.C2H6/c1-3-12(10(2)13)9-11-7-5-4-6-8-11;1-2/h11-12H,3-9H2,1-2H3;1-2H3. The molecule has 15 heavy (non-hydrogen) atoms. The summed E-state index contributed by atoms with van der Waals surface area (Å²) in [4.78, 5) is 11.2. The average Bonchev–Trinajstić information content (AvgIpc) is 2.29. The van der Waals surface area contributed by atoms with E-state index >= 15 is 0 Å². The maximum Gasteiger partial charge on any atom is 0.132 e. The molecule has 0 aromatic carbocycles. The highest BCUT2D eigenvalue weighted by atomic mass is 16.1. The van der Waals surface area contributed by atoms with Crippen LogP contribution in [0.4, 0.5) is 0 Å². The molecule has 0 amide bonds. The van der Waals surface area contributed by atoms with Crippen LogP contribution in [0.3, 0.4) is 0 Å². The highest BCUT2D eigenvalue weighted by molar-refractivity contribution is 5.78. The van der Waals surface area contributed by atoms with Gasteiger partial charge in [-0.1, -0.05) is 52.9 Å². The maximum atomic E-state index is 11.2. The molecule has 0 bridgehead atoms. The molecule has 0 heterocycles. The van der Waals surface area contributed by atoms with Gasteiger partial charge in [0.25, 0.3) is 0 Å². The smallest absolute Gasteiger partial charge is 0.132 e. The number of carbonyl (C=O) groups is 1. The van der Waals surface area contributed by atoms with Gasteiger partial charge in [0.2, 0.25) is 0 Å². The van der Waals surface area contributed by atoms with Gasteiger partial charge in [0.15, 0.2) is 0 Å². The number of ketones is 1. The molecule has 1 nitrogen and oxygen atoms in total. The van der Waals surface area contributed by atoms with Gasteiger partial charge in [0, 0.05) is 5.92 Å². The van der Waals surface area contributed by atoms with Crippen LogP contribution in [0.2, 0.25) is 0 Å². The summed E-state index contributed by atoms with van der Waals surface area (Å²) in [7, 11) is 0. The molecule has 0 spiro atoms. The van der Waals surface area contributed by atoms with Gasteiger partial charge in [-0.15, -0.1) is 0 Å². The van der Waals surface area contributed by atoms with Crippen molar-refractivity contribution in [1.29, 1.82) is 0 Å². The lowest BCUT2D eigenvalue weighted by Gasteiger charge is -2.24. The van der Waals surface area contributed by atoms with Crippen LogP contribution >= 0.6 is 0 Å². The highest BCUT2D eigenvalue weighted by Crippen LogP contribution is 2.30. The second-order valence-corrected chi connectivity index (χ2v) is 4.46. The van der Waals surface area contributed by atoms with E-state index in [1.807, 2.05) is 13.8 Å². The molecule has 1 aliphatic rings. The topological polar surface area (TPSA) is 17.1 Å². The van der Waals surface area contributed by atoms with E-state index < -0.39 is 0 Å². The van der Waals surface area contributed by atoms with Crippen molar-refractivity contribution in [2.45, 2.75) is 72.6 Å². The summed E-state index contributed by atoms with van der Waals surface area (Å²) in [5.74, 6) is 1.60. The molecule has 1 rings (SSSR count). The largest absolute Gasteiger partial charge is 0.300 e. The molecular weight excluding hydrogens is 184 g/mol. The van der Waals surface area contributed by atoms with Crippen molar-refractivity contribution in [1.82, 2.24) is 0 Å². The molecule has 1 aliphatic carbocycles. The number of rotatable bonds is 4. The highest BCUT2D eigenvalue weighted by Gasteiger charge is 2.20. The van der Waals surface area contributed by atoms with Gasteiger partial charge in [0.05, 0.1) is 0 Å². The minimum atomic E-state index is 0.350. The van der Waals surface area contributed by atoms with Crippen LogP contribution in [0.25, 0.3) is 0 Å². The van der Waals surface area contributed by atoms with Crippen molar-refractivity contribution in [2.24, 2.45) is 11.8 Å². The van der Waals surface area contributed by atoms with Crippen LogP contribution in [0.15, 0.2) is 0 Å². The Morgan fingerprint density at radius 1 is 1.20 bits per heavy atom. The number of hydrogen-bond acceptors (Lipinski definition) is 1. The summed E-state index contributed by atoms with van der Waals surface area (Å²) in [6, 6.07) is 0. The molecule has 0 aromatic rings. The van der Waals surface area contributed by atoms with Gasteiger partial charge in [-0.25, -0.2) is 0 Å². The van der Waals surface area contributed by atoms with Crippen molar-refractivity contribution in [2.75, 3.05) is 0 Å². The third-order valence-corrected chi connectivity index (χ3v) is 3.41. The van der Waals surface area contributed by atoms with Crippen molar-refractivity contribution in [3.63, 3.8) is 0 Å². The van der Waals surface area contributed by atoms with E-state index in [9.17, 15) is 4.79 Å². The molecule has 1 heteroatoms. The molecule has 1 saturated carbocycles. The van der Waals surface area contributed by atoms with Gasteiger partial charge in [-0.3, -0.25) is 4.79 Å². The summed E-state index contributed by atoms with van der Waals surface area (Å²) in [6.07, 6.45) is 9.11. The first-order valence-electron chi connectivity index (χ1n) is 6.74. The quantitative estimate of drug-likeness (QED) is 0.665. The minimum Gasteiger partial charge on any atom is -0.300 e. The maximum absolute atomic E-state index is 11.2. The van der Waals surface area contributed by atoms with Crippen molar-refractivity contribution >= 4 is 5.78 Å². The average molecular weight is 212 g/mol. The molecule has 0 saturated heterocycles. The zero-order valence-corrected chi connectivity index (χ0v) is 11.0. The summed E-state index contributed by atoms with van der Waals surface area (Å²) < 4.78 is 0. The van der Waals surface area contributed by atoms with E-state index in [1.165, 1.54) is 32.1 Å². The molecule has 90 valence electrons. The molecule has 0 N–H and O–H groups in total. The van der Waals surface area contributed by atoms with E-state index in [1.54, 1.807) is 6.92 Å². The zero-order valence-electron chi connectivity index (χ0n) is 11.0. The van der Waals surface area contributed by atoms with Crippen LogP contribution in [0.1, 0.15) is 72.6 Å². The van der Waals surface area contributed by atoms with Crippen molar-refractivity contribution in [3.05, 3.63) is 0 Å². The van der Waals surface area contributed by atoms with Crippen molar-refractivity contribution in [3.8, 4) is 0 Å². The van der Waals surface area contributed by atoms with E-state index in [2.05, 4.69) is 6.92 Å². The number of hydrogen-bond donors (Lipinski definition) is 0. The molecule has 1 atom stereocenters. The Hall–Kier alpha value is -0.330. The third kappa shape index (κ3) is 5.96. The van der Waals surface area contributed by atoms with Gasteiger partial charge in [0.1, 0.15) is 5.78 Å². The fourth-order valence-corrected chi connectivity index (χ4v) is 2.45. The summed E-state index contributed by atoms with van der Waals surface area (Å²) >= 11 is 0. The van der Waals surface area contributed by atoms with E-state index in [4.69, 9.17) is 0 Å². The summed E-state index contributed by atoms with van der Waals surface area (Å²) in [5.41, 5.74) is 0. The van der Waals surface area contributed by atoms with Gasteiger partial charge in [-0.05, 0) is 25.7 Å². The number of Topliss-reactive ketones (excluding diaryl/α,β-unsaturated/α-hetero) is 1. The Bertz CT molecular complexity index is 157. The fraction of sp³-hybridized carbons (Fsp3) is 0.929. The predicted octanol–water partition coefficient (Wildman–Crippen LogP) is 4.60. The third-order valence-electron chi connectivity index (χ3n) is 3.41.